The summed E-state index contributed by atoms with van der Waals surface area (Å²) in [4.78, 5) is 40.6. The van der Waals surface area contributed by atoms with Gasteiger partial charge in [-0.25, -0.2) is 10.2 Å². The molecule has 0 spiro atoms. The Labute approximate surface area is 223 Å². The second-order valence-electron chi connectivity index (χ2n) is 11.9. The first-order valence-corrected chi connectivity index (χ1v) is 12.8. The second kappa shape index (κ2) is 11.5. The van der Waals surface area contributed by atoms with Gasteiger partial charge in [-0.3, -0.25) is 15.0 Å². The number of aromatic nitrogens is 1. The standard InChI is InChI=1S/C27H40N6O5/c1-16-20(15-38-31-16)18-10-8-17(9-11-18)13-28-23(35)21-12-19(34)14-33(21)24(36)22(26(2,3)4)29-25(37)30-32-27(5,6)7/h8-11,15,19,21-22,32,34H,12-14H2,1-7H3,(H,28,35)(H2,29,30,37). The molecule has 5 N–H and O–H groups in total. The van der Waals surface area contributed by atoms with Crippen LogP contribution in [-0.4, -0.2) is 63.3 Å². The van der Waals surface area contributed by atoms with Crippen LogP contribution in [0, 0.1) is 12.3 Å². The fraction of sp³-hybridized carbons (Fsp3) is 0.556. The van der Waals surface area contributed by atoms with E-state index in [1.165, 1.54) is 4.90 Å². The van der Waals surface area contributed by atoms with E-state index >= 15 is 0 Å². The van der Waals surface area contributed by atoms with Gasteiger partial charge in [0, 0.05) is 30.6 Å². The third-order valence-electron chi connectivity index (χ3n) is 6.29. The van der Waals surface area contributed by atoms with Crippen molar-refractivity contribution in [1.82, 2.24) is 31.5 Å². The van der Waals surface area contributed by atoms with Crippen molar-refractivity contribution in [2.24, 2.45) is 5.41 Å². The minimum Gasteiger partial charge on any atom is -0.391 e. The average molecular weight is 529 g/mol. The Morgan fingerprint density at radius 2 is 1.79 bits per heavy atom. The number of benzene rings is 1. The van der Waals surface area contributed by atoms with Gasteiger partial charge in [-0.2, -0.15) is 0 Å². The van der Waals surface area contributed by atoms with Crippen molar-refractivity contribution < 1.29 is 24.0 Å². The zero-order valence-corrected chi connectivity index (χ0v) is 23.2. The summed E-state index contributed by atoms with van der Waals surface area (Å²) in [5.41, 5.74) is 7.95. The van der Waals surface area contributed by atoms with E-state index in [1.54, 1.807) is 6.26 Å². The highest BCUT2D eigenvalue weighted by molar-refractivity contribution is 5.93. The maximum atomic E-state index is 13.6. The largest absolute Gasteiger partial charge is 0.391 e. The molecule has 0 aliphatic carbocycles. The van der Waals surface area contributed by atoms with E-state index in [2.05, 4.69) is 26.6 Å². The number of nitrogens with zero attached hydrogens (tertiary/aromatic N) is 2. The van der Waals surface area contributed by atoms with Gasteiger partial charge in [-0.15, -0.1) is 0 Å². The molecule has 38 heavy (non-hydrogen) atoms. The number of aryl methyl sites for hydroxylation is 1. The number of urea groups is 1. The molecular formula is C27H40N6O5. The van der Waals surface area contributed by atoms with E-state index in [0.717, 1.165) is 22.4 Å². The molecule has 3 rings (SSSR count). The third-order valence-corrected chi connectivity index (χ3v) is 6.29. The molecule has 1 aliphatic heterocycles. The Morgan fingerprint density at radius 1 is 1.13 bits per heavy atom. The normalized spacial score (nSPS) is 18.7. The Kier molecular flexibility index (Phi) is 8.83. The minimum atomic E-state index is -0.918. The summed E-state index contributed by atoms with van der Waals surface area (Å²) in [5, 5.41) is 19.8. The van der Waals surface area contributed by atoms with Crippen molar-refractivity contribution in [3.63, 3.8) is 0 Å². The van der Waals surface area contributed by atoms with Crippen LogP contribution >= 0.6 is 0 Å². The highest BCUT2D eigenvalue weighted by atomic mass is 16.5. The highest BCUT2D eigenvalue weighted by Crippen LogP contribution is 2.26. The number of nitrogens with one attached hydrogen (secondary N) is 4. The van der Waals surface area contributed by atoms with Crippen molar-refractivity contribution in [1.29, 1.82) is 0 Å². The van der Waals surface area contributed by atoms with E-state index in [1.807, 2.05) is 72.7 Å². The summed E-state index contributed by atoms with van der Waals surface area (Å²) in [5.74, 6) is -0.783. The van der Waals surface area contributed by atoms with Gasteiger partial charge in [0.2, 0.25) is 11.8 Å². The topological polar surface area (TPSA) is 149 Å². The van der Waals surface area contributed by atoms with E-state index in [0.29, 0.717) is 0 Å². The summed E-state index contributed by atoms with van der Waals surface area (Å²) in [7, 11) is 0. The van der Waals surface area contributed by atoms with Crippen LogP contribution in [0.15, 0.2) is 35.1 Å². The predicted molar refractivity (Wildman–Crippen MR) is 142 cm³/mol. The van der Waals surface area contributed by atoms with Crippen LogP contribution in [0.4, 0.5) is 4.79 Å². The first-order chi connectivity index (χ1) is 17.7. The molecule has 1 aromatic heterocycles. The Hall–Kier alpha value is -3.44. The number of likely N-dealkylation sites (tertiary alicyclic amines) is 1. The lowest BCUT2D eigenvalue weighted by Crippen LogP contribution is -2.61. The minimum absolute atomic E-state index is 0.0137. The molecule has 3 atom stereocenters. The van der Waals surface area contributed by atoms with E-state index in [4.69, 9.17) is 4.52 Å². The number of hydrogen-bond acceptors (Lipinski definition) is 7. The number of rotatable bonds is 7. The maximum Gasteiger partial charge on any atom is 0.329 e. The van der Waals surface area contributed by atoms with Crippen LogP contribution in [0.25, 0.3) is 11.1 Å². The molecule has 1 saturated heterocycles. The number of carbonyl (C=O) groups excluding carboxylic acids is 3. The van der Waals surface area contributed by atoms with Crippen molar-refractivity contribution in [2.75, 3.05) is 6.54 Å². The summed E-state index contributed by atoms with van der Waals surface area (Å²) >= 11 is 0. The molecule has 1 aromatic carbocycles. The summed E-state index contributed by atoms with van der Waals surface area (Å²) in [6.07, 6.45) is 0.878. The van der Waals surface area contributed by atoms with E-state index in [9.17, 15) is 19.5 Å². The average Bonchev–Trinajstić information content (AvgIpc) is 3.44. The molecule has 2 heterocycles. The van der Waals surface area contributed by atoms with Gasteiger partial charge in [0.05, 0.1) is 11.8 Å². The molecule has 0 saturated carbocycles. The number of β-amino-alcohol motifs (C(OH)–C–C–N with tert-alkyl or cyclic N) is 1. The van der Waals surface area contributed by atoms with Crippen molar-refractivity contribution >= 4 is 17.8 Å². The molecule has 0 radical (unpaired) electrons. The lowest BCUT2D eigenvalue weighted by Gasteiger charge is -2.35. The molecule has 4 amide bonds. The van der Waals surface area contributed by atoms with Crippen molar-refractivity contribution in [3.05, 3.63) is 41.8 Å². The van der Waals surface area contributed by atoms with Crippen LogP contribution in [0.2, 0.25) is 0 Å². The Bertz CT molecular complexity index is 1130. The second-order valence-corrected chi connectivity index (χ2v) is 11.9. The molecule has 2 aromatic rings. The van der Waals surface area contributed by atoms with Gasteiger partial charge < -0.3 is 25.2 Å². The first-order valence-electron chi connectivity index (χ1n) is 12.8. The Balaban J connectivity index is 1.66. The molecule has 3 unspecified atom stereocenters. The predicted octanol–water partition coefficient (Wildman–Crippen LogP) is 2.25. The van der Waals surface area contributed by atoms with Gasteiger partial charge in [0.15, 0.2) is 0 Å². The van der Waals surface area contributed by atoms with Crippen LogP contribution in [-0.2, 0) is 16.1 Å². The quantitative estimate of drug-likeness (QED) is 0.346. The molecular weight excluding hydrogens is 488 g/mol. The maximum absolute atomic E-state index is 13.6. The number of hydrogen-bond donors (Lipinski definition) is 5. The Morgan fingerprint density at radius 3 is 2.34 bits per heavy atom. The van der Waals surface area contributed by atoms with Gasteiger partial charge in [0.25, 0.3) is 0 Å². The van der Waals surface area contributed by atoms with Gasteiger partial charge >= 0.3 is 6.03 Å². The fourth-order valence-electron chi connectivity index (χ4n) is 4.21. The van der Waals surface area contributed by atoms with E-state index < -0.39 is 35.5 Å². The van der Waals surface area contributed by atoms with Crippen LogP contribution in [0.1, 0.15) is 59.2 Å². The van der Waals surface area contributed by atoms with Gasteiger partial charge in [0.1, 0.15) is 18.3 Å². The molecule has 11 heteroatoms. The van der Waals surface area contributed by atoms with Gasteiger partial charge in [-0.1, -0.05) is 50.2 Å². The summed E-state index contributed by atoms with van der Waals surface area (Å²) in [6, 6.07) is 5.33. The zero-order chi connectivity index (χ0) is 28.3. The summed E-state index contributed by atoms with van der Waals surface area (Å²) in [6.45, 7) is 13.3. The van der Waals surface area contributed by atoms with Crippen LogP contribution in [0.5, 0.6) is 0 Å². The smallest absolute Gasteiger partial charge is 0.329 e. The lowest BCUT2D eigenvalue weighted by molar-refractivity contribution is -0.142. The number of hydrazine groups is 1. The number of amides is 4. The molecule has 1 aliphatic rings. The monoisotopic (exact) mass is 528 g/mol. The molecule has 0 bridgehead atoms. The number of aliphatic hydroxyl groups is 1. The lowest BCUT2D eigenvalue weighted by atomic mass is 9.85. The zero-order valence-electron chi connectivity index (χ0n) is 23.2. The van der Waals surface area contributed by atoms with Crippen LogP contribution in [0.3, 0.4) is 0 Å². The highest BCUT2D eigenvalue weighted by Gasteiger charge is 2.44. The van der Waals surface area contributed by atoms with Crippen molar-refractivity contribution in [2.45, 2.75) is 85.2 Å². The fourth-order valence-corrected chi connectivity index (χ4v) is 4.21. The molecule has 208 valence electrons. The molecule has 1 fully saturated rings. The number of aliphatic hydroxyl groups excluding tert-OH is 1. The SMILES string of the molecule is Cc1nocc1-c1ccc(CNC(=O)C2CC(O)CN2C(=O)C(NC(=O)NNC(C)(C)C)C(C)(C)C)cc1. The third kappa shape index (κ3) is 7.55. The van der Waals surface area contributed by atoms with Crippen molar-refractivity contribution in [3.8, 4) is 11.1 Å². The number of carbonyl (C=O) groups is 3. The van der Waals surface area contributed by atoms with Gasteiger partial charge in [-0.05, 0) is 44.2 Å². The van der Waals surface area contributed by atoms with E-state index in [-0.39, 0.29) is 31.0 Å². The molecule has 11 nitrogen and oxygen atoms in total. The summed E-state index contributed by atoms with van der Waals surface area (Å²) < 4.78 is 5.00. The van der Waals surface area contributed by atoms with Crippen LogP contribution < -0.4 is 21.5 Å². The first kappa shape index (κ1) is 29.1.